The maximum Gasteiger partial charge on any atom is 0.308 e. The van der Waals surface area contributed by atoms with E-state index in [1.165, 1.54) is 0 Å². The number of carboxylic acid groups (broad SMARTS) is 1. The topological polar surface area (TPSA) is 102 Å². The zero-order chi connectivity index (χ0) is 11.6. The van der Waals surface area contributed by atoms with E-state index in [2.05, 4.69) is 4.98 Å². The number of pyridine rings is 1. The van der Waals surface area contributed by atoms with Gasteiger partial charge in [-0.1, -0.05) is 0 Å². The first-order valence-electron chi connectivity index (χ1n) is 3.96. The molecule has 1 rings (SSSR count). The molecule has 1 heterocycles. The normalized spacial score (nSPS) is 10.6. The van der Waals surface area contributed by atoms with Crippen molar-refractivity contribution in [3.8, 4) is 0 Å². The Morgan fingerprint density at radius 1 is 1.53 bits per heavy atom. The van der Waals surface area contributed by atoms with Gasteiger partial charge in [-0.2, -0.15) is 0 Å². The lowest BCUT2D eigenvalue weighted by molar-refractivity contribution is -0.136. The second-order valence-corrected chi connectivity index (χ2v) is 2.86. The van der Waals surface area contributed by atoms with Crippen molar-refractivity contribution in [1.82, 2.24) is 4.98 Å². The Bertz CT molecular complexity index is 396. The molecule has 0 saturated carbocycles. The van der Waals surface area contributed by atoms with Gasteiger partial charge in [0.2, 0.25) is 0 Å². The van der Waals surface area contributed by atoms with Gasteiger partial charge in [-0.3, -0.25) is 4.79 Å². The van der Waals surface area contributed by atoms with E-state index in [-0.39, 0.29) is 17.1 Å². The minimum atomic E-state index is -2.80. The molecule has 0 unspecified atom stereocenters. The molecule has 0 radical (unpaired) electrons. The fourth-order valence-electron chi connectivity index (χ4n) is 1.11. The summed E-state index contributed by atoms with van der Waals surface area (Å²) in [7, 11) is 0. The molecule has 5 nitrogen and oxygen atoms in total. The van der Waals surface area contributed by atoms with Crippen LogP contribution in [0.25, 0.3) is 0 Å². The molecular formula is C8H9F2N3O2. The highest BCUT2D eigenvalue weighted by Crippen LogP contribution is 2.29. The van der Waals surface area contributed by atoms with E-state index in [4.69, 9.17) is 16.6 Å². The standard InChI is InChI=1S/C8H9F2N3O2/c9-7(10)4-2-13-8(12)3(6(4)11)1-5(14)15/h2,7H,1H2,(H,14,15)(H4,11,12,13). The molecule has 0 aliphatic heterocycles. The van der Waals surface area contributed by atoms with E-state index in [0.717, 1.165) is 6.20 Å². The van der Waals surface area contributed by atoms with Crippen molar-refractivity contribution in [3.05, 3.63) is 17.3 Å². The quantitative estimate of drug-likeness (QED) is 0.695. The average molecular weight is 217 g/mol. The van der Waals surface area contributed by atoms with E-state index >= 15 is 0 Å². The van der Waals surface area contributed by atoms with Gasteiger partial charge < -0.3 is 16.6 Å². The minimum Gasteiger partial charge on any atom is -0.481 e. The lowest BCUT2D eigenvalue weighted by atomic mass is 10.1. The number of hydrogen-bond donors (Lipinski definition) is 3. The third-order valence-corrected chi connectivity index (χ3v) is 1.85. The monoisotopic (exact) mass is 217 g/mol. The van der Waals surface area contributed by atoms with Gasteiger partial charge in [-0.25, -0.2) is 13.8 Å². The lowest BCUT2D eigenvalue weighted by Gasteiger charge is -2.10. The predicted molar refractivity (Wildman–Crippen MR) is 49.4 cm³/mol. The van der Waals surface area contributed by atoms with Gasteiger partial charge in [0.15, 0.2) is 0 Å². The molecular weight excluding hydrogens is 208 g/mol. The van der Waals surface area contributed by atoms with Crippen LogP contribution in [-0.2, 0) is 11.2 Å². The molecule has 0 saturated heterocycles. The number of carboxylic acids is 1. The number of nitrogens with zero attached hydrogens (tertiary/aromatic N) is 1. The predicted octanol–water partition coefficient (Wildman–Crippen LogP) is 0.811. The Morgan fingerprint density at radius 3 is 2.60 bits per heavy atom. The smallest absolute Gasteiger partial charge is 0.308 e. The number of aliphatic carboxylic acids is 1. The van der Waals surface area contributed by atoms with Gasteiger partial charge in [-0.05, 0) is 0 Å². The van der Waals surface area contributed by atoms with Crippen LogP contribution in [0, 0.1) is 0 Å². The van der Waals surface area contributed by atoms with Gasteiger partial charge in [0.05, 0.1) is 12.0 Å². The van der Waals surface area contributed by atoms with Gasteiger partial charge in [-0.15, -0.1) is 0 Å². The molecule has 0 amide bonds. The van der Waals surface area contributed by atoms with E-state index in [1.807, 2.05) is 0 Å². The van der Waals surface area contributed by atoms with Crippen molar-refractivity contribution in [1.29, 1.82) is 0 Å². The Kier molecular flexibility index (Phi) is 3.03. The van der Waals surface area contributed by atoms with Crippen molar-refractivity contribution < 1.29 is 18.7 Å². The van der Waals surface area contributed by atoms with Gasteiger partial charge in [0.1, 0.15) is 5.82 Å². The molecule has 7 heteroatoms. The van der Waals surface area contributed by atoms with Crippen molar-refractivity contribution in [2.45, 2.75) is 12.8 Å². The second kappa shape index (κ2) is 4.07. The minimum absolute atomic E-state index is 0.0692. The number of hydrogen-bond acceptors (Lipinski definition) is 4. The number of rotatable bonds is 3. The third kappa shape index (κ3) is 2.30. The fourth-order valence-corrected chi connectivity index (χ4v) is 1.11. The second-order valence-electron chi connectivity index (χ2n) is 2.86. The lowest BCUT2D eigenvalue weighted by Crippen LogP contribution is -2.11. The Balaban J connectivity index is 3.23. The molecule has 0 fully saturated rings. The average Bonchev–Trinajstić information content (AvgIpc) is 2.11. The number of aromatic nitrogens is 1. The van der Waals surface area contributed by atoms with E-state index in [0.29, 0.717) is 0 Å². The van der Waals surface area contributed by atoms with E-state index in [1.54, 1.807) is 0 Å². The zero-order valence-corrected chi connectivity index (χ0v) is 7.58. The number of carbonyl (C=O) groups is 1. The van der Waals surface area contributed by atoms with Gasteiger partial charge in [0.25, 0.3) is 6.43 Å². The molecule has 15 heavy (non-hydrogen) atoms. The molecule has 1 aromatic heterocycles. The molecule has 0 aliphatic rings. The van der Waals surface area contributed by atoms with Crippen molar-refractivity contribution in [3.63, 3.8) is 0 Å². The molecule has 0 atom stereocenters. The number of anilines is 2. The highest BCUT2D eigenvalue weighted by atomic mass is 19.3. The molecule has 82 valence electrons. The number of halogens is 2. The van der Waals surface area contributed by atoms with Gasteiger partial charge >= 0.3 is 5.97 Å². The largest absolute Gasteiger partial charge is 0.481 e. The summed E-state index contributed by atoms with van der Waals surface area (Å²) in [6, 6.07) is 0. The maximum absolute atomic E-state index is 12.4. The van der Waals surface area contributed by atoms with Crippen LogP contribution in [0.1, 0.15) is 17.6 Å². The van der Waals surface area contributed by atoms with E-state index in [9.17, 15) is 13.6 Å². The van der Waals surface area contributed by atoms with Crippen LogP contribution in [-0.4, -0.2) is 16.1 Å². The van der Waals surface area contributed by atoms with Crippen LogP contribution < -0.4 is 11.5 Å². The fraction of sp³-hybridized carbons (Fsp3) is 0.250. The van der Waals surface area contributed by atoms with E-state index < -0.39 is 24.4 Å². The van der Waals surface area contributed by atoms with Crippen molar-refractivity contribution >= 4 is 17.5 Å². The summed E-state index contributed by atoms with van der Waals surface area (Å²) in [5, 5.41) is 8.52. The Labute approximate surface area is 83.7 Å². The Hall–Kier alpha value is -1.92. The molecule has 5 N–H and O–H groups in total. The van der Waals surface area contributed by atoms with Crippen LogP contribution >= 0.6 is 0 Å². The van der Waals surface area contributed by atoms with Crippen LogP contribution in [0.2, 0.25) is 0 Å². The highest BCUT2D eigenvalue weighted by molar-refractivity contribution is 5.76. The molecule has 0 bridgehead atoms. The molecule has 0 aromatic carbocycles. The highest BCUT2D eigenvalue weighted by Gasteiger charge is 2.18. The first kappa shape index (κ1) is 11.2. The SMILES string of the molecule is Nc1ncc(C(F)F)c(N)c1CC(=O)O. The van der Waals surface area contributed by atoms with Crippen molar-refractivity contribution in [2.75, 3.05) is 11.5 Å². The molecule has 0 spiro atoms. The summed E-state index contributed by atoms with van der Waals surface area (Å²) in [6.45, 7) is 0. The molecule has 0 aliphatic carbocycles. The zero-order valence-electron chi connectivity index (χ0n) is 7.58. The maximum atomic E-state index is 12.4. The van der Waals surface area contributed by atoms with Crippen LogP contribution in [0.5, 0.6) is 0 Å². The van der Waals surface area contributed by atoms with Crippen LogP contribution in [0.3, 0.4) is 0 Å². The summed E-state index contributed by atoms with van der Waals surface area (Å²) in [5.74, 6) is -1.35. The first-order valence-corrected chi connectivity index (χ1v) is 3.96. The van der Waals surface area contributed by atoms with Crippen LogP contribution in [0.15, 0.2) is 6.20 Å². The third-order valence-electron chi connectivity index (χ3n) is 1.85. The molecule has 1 aromatic rings. The number of nitrogens with two attached hydrogens (primary N) is 2. The summed E-state index contributed by atoms with van der Waals surface area (Å²) in [5.41, 5.74) is 9.84. The summed E-state index contributed by atoms with van der Waals surface area (Å²) < 4.78 is 24.7. The summed E-state index contributed by atoms with van der Waals surface area (Å²) >= 11 is 0. The number of nitrogen functional groups attached to an aromatic ring is 2. The van der Waals surface area contributed by atoms with Gasteiger partial charge in [0, 0.05) is 17.4 Å². The summed E-state index contributed by atoms with van der Waals surface area (Å²) in [6.07, 6.45) is -2.48. The van der Waals surface area contributed by atoms with Crippen LogP contribution in [0.4, 0.5) is 20.3 Å². The van der Waals surface area contributed by atoms with Crippen molar-refractivity contribution in [2.24, 2.45) is 0 Å². The first-order chi connectivity index (χ1) is 6.93. The number of alkyl halides is 2. The summed E-state index contributed by atoms with van der Waals surface area (Å²) in [4.78, 5) is 13.9. The Morgan fingerprint density at radius 2 is 2.13 bits per heavy atom.